The minimum absolute atomic E-state index is 0. The first-order valence-electron chi connectivity index (χ1n) is 5.39. The third kappa shape index (κ3) is 2.37. The minimum Gasteiger partial charge on any atom is -0.243 e. The highest BCUT2D eigenvalue weighted by Crippen LogP contribution is 2.35. The van der Waals surface area contributed by atoms with Gasteiger partial charge in [0, 0.05) is 18.8 Å². The van der Waals surface area contributed by atoms with Crippen molar-refractivity contribution in [1.82, 2.24) is 4.31 Å². The van der Waals surface area contributed by atoms with Crippen LogP contribution in [0.5, 0.6) is 0 Å². The number of hydrogen-bond donors (Lipinski definition) is 0. The molecule has 1 heterocycles. The molecule has 2 rings (SSSR count). The molecule has 0 aromatic carbocycles. The van der Waals surface area contributed by atoms with Gasteiger partial charge in [0.15, 0.2) is 0 Å². The Labute approximate surface area is 90.7 Å². The summed E-state index contributed by atoms with van der Waals surface area (Å²) in [5, 5.41) is 0. The first kappa shape index (κ1) is 12.2. The largest absolute Gasteiger partial charge is 0.243 e. The van der Waals surface area contributed by atoms with Gasteiger partial charge in [0.25, 0.3) is 0 Å². The van der Waals surface area contributed by atoms with E-state index in [4.69, 9.17) is 0 Å². The molecular formula is C11H23NOS. The maximum absolute atomic E-state index is 11.5. The van der Waals surface area contributed by atoms with Gasteiger partial charge in [-0.2, -0.15) is 0 Å². The topological polar surface area (TPSA) is 20.3 Å². The molecule has 3 unspecified atom stereocenters. The van der Waals surface area contributed by atoms with Crippen LogP contribution in [-0.2, 0) is 11.0 Å². The lowest BCUT2D eigenvalue weighted by atomic mass is 9.79. The molecule has 14 heavy (non-hydrogen) atoms. The zero-order chi connectivity index (χ0) is 9.26. The van der Waals surface area contributed by atoms with Crippen LogP contribution < -0.4 is 0 Å². The Balaban J connectivity index is 0.000000980. The molecule has 2 nitrogen and oxygen atoms in total. The van der Waals surface area contributed by atoms with Gasteiger partial charge in [-0.1, -0.05) is 20.3 Å². The van der Waals surface area contributed by atoms with Crippen molar-refractivity contribution in [2.75, 3.05) is 12.8 Å². The fourth-order valence-corrected chi connectivity index (χ4v) is 3.94. The van der Waals surface area contributed by atoms with Crippen molar-refractivity contribution >= 4 is 11.0 Å². The maximum atomic E-state index is 11.5. The highest BCUT2D eigenvalue weighted by atomic mass is 32.2. The Hall–Kier alpha value is 0.110. The highest BCUT2D eigenvalue weighted by molar-refractivity contribution is 7.81. The van der Waals surface area contributed by atoms with E-state index in [0.717, 1.165) is 12.5 Å². The molecule has 84 valence electrons. The molecule has 1 aliphatic carbocycles. The number of fused-ring (bicyclic) bond motifs is 1. The molecule has 1 aliphatic heterocycles. The summed E-state index contributed by atoms with van der Waals surface area (Å²) >= 11 is 0. The van der Waals surface area contributed by atoms with E-state index in [1.54, 1.807) is 0 Å². The van der Waals surface area contributed by atoms with Crippen LogP contribution >= 0.6 is 0 Å². The van der Waals surface area contributed by atoms with E-state index in [-0.39, 0.29) is 7.43 Å². The van der Waals surface area contributed by atoms with Gasteiger partial charge in [0.2, 0.25) is 0 Å². The second-order valence-electron chi connectivity index (χ2n) is 4.32. The van der Waals surface area contributed by atoms with Crippen molar-refractivity contribution in [2.45, 2.75) is 52.0 Å². The molecule has 2 fully saturated rings. The van der Waals surface area contributed by atoms with Gasteiger partial charge in [0.05, 0.1) is 11.0 Å². The van der Waals surface area contributed by atoms with Crippen LogP contribution in [0.4, 0.5) is 0 Å². The fraction of sp³-hybridized carbons (Fsp3) is 1.00. The normalized spacial score (nSPS) is 35.5. The number of hydrogen-bond acceptors (Lipinski definition) is 1. The van der Waals surface area contributed by atoms with E-state index >= 15 is 0 Å². The zero-order valence-corrected chi connectivity index (χ0v) is 9.18. The van der Waals surface area contributed by atoms with Crippen LogP contribution in [0.2, 0.25) is 0 Å². The second-order valence-corrected chi connectivity index (χ2v) is 5.64. The SMILES string of the molecule is C.CS(=O)N1CCCC2CCCCC21. The molecule has 1 saturated carbocycles. The lowest BCUT2D eigenvalue weighted by molar-refractivity contribution is 0.134. The Kier molecular flexibility index (Phi) is 4.58. The van der Waals surface area contributed by atoms with E-state index in [2.05, 4.69) is 4.31 Å². The molecule has 0 bridgehead atoms. The standard InChI is InChI=1S/C10H19NOS.CH4/c1-13(12)11-8-4-6-9-5-2-3-7-10(9)11;/h9-10H,2-8H2,1H3;1H4. The monoisotopic (exact) mass is 217 g/mol. The summed E-state index contributed by atoms with van der Waals surface area (Å²) in [5.41, 5.74) is 0. The highest BCUT2D eigenvalue weighted by Gasteiger charge is 2.34. The molecule has 3 heteroatoms. The molecule has 0 N–H and O–H groups in total. The predicted octanol–water partition coefficient (Wildman–Crippen LogP) is 2.57. The summed E-state index contributed by atoms with van der Waals surface area (Å²) in [6, 6.07) is 0.647. The van der Waals surface area contributed by atoms with Crippen molar-refractivity contribution in [1.29, 1.82) is 0 Å². The van der Waals surface area contributed by atoms with Gasteiger partial charge in [-0.05, 0) is 31.6 Å². The van der Waals surface area contributed by atoms with Gasteiger partial charge < -0.3 is 0 Å². The molecule has 0 radical (unpaired) electrons. The Morgan fingerprint density at radius 3 is 2.50 bits per heavy atom. The fourth-order valence-electron chi connectivity index (χ4n) is 2.90. The molecule has 0 aromatic rings. The molecule has 0 amide bonds. The van der Waals surface area contributed by atoms with Crippen LogP contribution in [0, 0.1) is 5.92 Å². The minimum atomic E-state index is -0.737. The zero-order valence-electron chi connectivity index (χ0n) is 8.37. The third-order valence-corrected chi connectivity index (χ3v) is 4.64. The maximum Gasteiger partial charge on any atom is 0.0913 e. The van der Waals surface area contributed by atoms with E-state index in [0.29, 0.717) is 6.04 Å². The average Bonchev–Trinajstić information content (AvgIpc) is 2.17. The molecule has 3 atom stereocenters. The van der Waals surface area contributed by atoms with Crippen molar-refractivity contribution in [3.63, 3.8) is 0 Å². The van der Waals surface area contributed by atoms with Crippen LogP contribution in [-0.4, -0.2) is 27.4 Å². The van der Waals surface area contributed by atoms with E-state index in [9.17, 15) is 4.21 Å². The van der Waals surface area contributed by atoms with Gasteiger partial charge in [-0.25, -0.2) is 8.51 Å². The molecular weight excluding hydrogens is 194 g/mol. The van der Waals surface area contributed by atoms with Gasteiger partial charge >= 0.3 is 0 Å². The van der Waals surface area contributed by atoms with Crippen molar-refractivity contribution in [3.8, 4) is 0 Å². The summed E-state index contributed by atoms with van der Waals surface area (Å²) in [6.07, 6.45) is 9.85. The second kappa shape index (κ2) is 5.26. The summed E-state index contributed by atoms with van der Waals surface area (Å²) in [6.45, 7) is 1.06. The number of rotatable bonds is 1. The van der Waals surface area contributed by atoms with Crippen molar-refractivity contribution in [2.24, 2.45) is 5.92 Å². The van der Waals surface area contributed by atoms with E-state index in [1.165, 1.54) is 38.5 Å². The lowest BCUT2D eigenvalue weighted by Crippen LogP contribution is -2.47. The van der Waals surface area contributed by atoms with Gasteiger partial charge in [-0.3, -0.25) is 0 Å². The van der Waals surface area contributed by atoms with Crippen LogP contribution in [0.3, 0.4) is 0 Å². The quantitative estimate of drug-likeness (QED) is 0.661. The third-order valence-electron chi connectivity index (χ3n) is 3.52. The first-order chi connectivity index (χ1) is 6.29. The van der Waals surface area contributed by atoms with Gasteiger partial charge in [0.1, 0.15) is 0 Å². The Morgan fingerprint density at radius 2 is 1.79 bits per heavy atom. The molecule has 2 aliphatic rings. The first-order valence-corrected chi connectivity index (χ1v) is 6.90. The lowest BCUT2D eigenvalue weighted by Gasteiger charge is -2.42. The van der Waals surface area contributed by atoms with Gasteiger partial charge in [-0.15, -0.1) is 0 Å². The van der Waals surface area contributed by atoms with Crippen molar-refractivity contribution in [3.05, 3.63) is 0 Å². The number of piperidine rings is 1. The smallest absolute Gasteiger partial charge is 0.0913 e. The molecule has 1 saturated heterocycles. The predicted molar refractivity (Wildman–Crippen MR) is 62.5 cm³/mol. The molecule has 0 spiro atoms. The average molecular weight is 217 g/mol. The van der Waals surface area contributed by atoms with E-state index < -0.39 is 11.0 Å². The summed E-state index contributed by atoms with van der Waals surface area (Å²) in [4.78, 5) is 0. The Bertz CT molecular complexity index is 205. The van der Waals surface area contributed by atoms with Crippen LogP contribution in [0.25, 0.3) is 0 Å². The summed E-state index contributed by atoms with van der Waals surface area (Å²) in [5.74, 6) is 0.853. The summed E-state index contributed by atoms with van der Waals surface area (Å²) < 4.78 is 13.7. The Morgan fingerprint density at radius 1 is 1.14 bits per heavy atom. The summed E-state index contributed by atoms with van der Waals surface area (Å²) in [7, 11) is -0.737. The molecule has 0 aromatic heterocycles. The van der Waals surface area contributed by atoms with Crippen LogP contribution in [0.1, 0.15) is 46.0 Å². The van der Waals surface area contributed by atoms with E-state index in [1.807, 2.05) is 6.26 Å². The van der Waals surface area contributed by atoms with Crippen molar-refractivity contribution < 1.29 is 4.21 Å². The number of nitrogens with zero attached hydrogens (tertiary/aromatic N) is 1. The van der Waals surface area contributed by atoms with Crippen LogP contribution in [0.15, 0.2) is 0 Å².